The van der Waals surface area contributed by atoms with Crippen LogP contribution in [-0.4, -0.2) is 54.6 Å². The first-order valence-corrected chi connectivity index (χ1v) is 8.28. The number of sulfonamides is 1. The van der Waals surface area contributed by atoms with E-state index in [1.165, 1.54) is 9.21 Å². The normalized spacial score (nSPS) is 20.2. The maximum Gasteiger partial charge on any atom is 0.241 e. The van der Waals surface area contributed by atoms with Crippen LogP contribution in [0.1, 0.15) is 24.3 Å². The van der Waals surface area contributed by atoms with Crippen molar-refractivity contribution < 1.29 is 17.7 Å². The van der Waals surface area contributed by atoms with Crippen LogP contribution < -0.4 is 0 Å². The molecule has 1 saturated heterocycles. The average Bonchev–Trinajstić information content (AvgIpc) is 2.96. The molecular weight excluding hydrogens is 282 g/mol. The molecule has 0 radical (unpaired) electrons. The summed E-state index contributed by atoms with van der Waals surface area (Å²) in [5.41, 5.74) is 0.750. The lowest BCUT2D eigenvalue weighted by Crippen LogP contribution is -2.45. The third-order valence-electron chi connectivity index (χ3n) is 3.36. The summed E-state index contributed by atoms with van der Waals surface area (Å²) in [6, 6.07) is 1.16. The van der Waals surface area contributed by atoms with Gasteiger partial charge in [-0.15, -0.1) is 0 Å². The first-order chi connectivity index (χ1) is 9.29. The van der Waals surface area contributed by atoms with E-state index in [9.17, 15) is 13.2 Å². The van der Waals surface area contributed by atoms with E-state index >= 15 is 0 Å². The maximum absolute atomic E-state index is 12.4. The largest absolute Gasteiger partial charge is 0.359 e. The fourth-order valence-corrected chi connectivity index (χ4v) is 3.56. The number of aryl methyl sites for hydroxylation is 1. The predicted molar refractivity (Wildman–Crippen MR) is 72.3 cm³/mol. The number of likely N-dealkylation sites (N-methyl/N-ethyl adjacent to an activating group) is 1. The number of aromatic nitrogens is 1. The molecule has 0 bridgehead atoms. The molecule has 20 heavy (non-hydrogen) atoms. The van der Waals surface area contributed by atoms with Crippen LogP contribution in [0, 0.1) is 6.92 Å². The first-order valence-electron chi connectivity index (χ1n) is 6.43. The van der Waals surface area contributed by atoms with E-state index < -0.39 is 16.1 Å². The van der Waals surface area contributed by atoms with Crippen molar-refractivity contribution in [2.75, 3.05) is 19.8 Å². The zero-order chi connectivity index (χ0) is 14.9. The Morgan fingerprint density at radius 3 is 2.85 bits per heavy atom. The molecule has 0 N–H and O–H groups in total. The van der Waals surface area contributed by atoms with Gasteiger partial charge in [-0.3, -0.25) is 4.79 Å². The minimum atomic E-state index is -3.35. The van der Waals surface area contributed by atoms with Gasteiger partial charge < -0.3 is 9.42 Å². The van der Waals surface area contributed by atoms with Gasteiger partial charge in [-0.05, 0) is 19.8 Å². The number of carbonyl (C=O) groups excluding carboxylic acids is 1. The Kier molecular flexibility index (Phi) is 4.14. The fourth-order valence-electron chi connectivity index (χ4n) is 2.44. The van der Waals surface area contributed by atoms with E-state index in [1.807, 2.05) is 0 Å². The van der Waals surface area contributed by atoms with Crippen LogP contribution in [0.4, 0.5) is 0 Å². The highest BCUT2D eigenvalue weighted by molar-refractivity contribution is 7.88. The van der Waals surface area contributed by atoms with Gasteiger partial charge in [-0.1, -0.05) is 5.16 Å². The summed E-state index contributed by atoms with van der Waals surface area (Å²) in [6.45, 7) is 2.50. The van der Waals surface area contributed by atoms with Crippen molar-refractivity contribution in [1.82, 2.24) is 14.4 Å². The topological polar surface area (TPSA) is 83.7 Å². The lowest BCUT2D eigenvalue weighted by Gasteiger charge is -2.25. The highest BCUT2D eigenvalue weighted by Gasteiger charge is 2.37. The number of hydrogen-bond acceptors (Lipinski definition) is 5. The average molecular weight is 301 g/mol. The molecule has 8 heteroatoms. The van der Waals surface area contributed by atoms with Gasteiger partial charge in [0.1, 0.15) is 6.04 Å². The van der Waals surface area contributed by atoms with Crippen molar-refractivity contribution in [3.63, 3.8) is 0 Å². The van der Waals surface area contributed by atoms with Crippen LogP contribution in [0.15, 0.2) is 10.6 Å². The van der Waals surface area contributed by atoms with Gasteiger partial charge in [0.2, 0.25) is 15.9 Å². The summed E-state index contributed by atoms with van der Waals surface area (Å²) in [7, 11) is -1.71. The summed E-state index contributed by atoms with van der Waals surface area (Å²) < 4.78 is 29.7. The van der Waals surface area contributed by atoms with Crippen LogP contribution in [0.5, 0.6) is 0 Å². The lowest BCUT2D eigenvalue weighted by molar-refractivity contribution is -0.134. The summed E-state index contributed by atoms with van der Waals surface area (Å²) in [6.07, 6.45) is 2.41. The van der Waals surface area contributed by atoms with Gasteiger partial charge in [-0.25, -0.2) is 8.42 Å². The van der Waals surface area contributed by atoms with Crippen LogP contribution in [0.25, 0.3) is 0 Å². The molecule has 2 rings (SSSR count). The van der Waals surface area contributed by atoms with Gasteiger partial charge in [-0.2, -0.15) is 4.31 Å². The highest BCUT2D eigenvalue weighted by atomic mass is 32.2. The standard InChI is InChI=1S/C12H19N3O4S/c1-9-7-10(19-13-9)8-14(2)12(16)11-5-4-6-15(11)20(3,17)18/h7,11H,4-6,8H2,1-3H3/t11-/m0/s1. The van der Waals surface area contributed by atoms with Gasteiger partial charge in [0.15, 0.2) is 5.76 Å². The third-order valence-corrected chi connectivity index (χ3v) is 4.65. The van der Waals surface area contributed by atoms with E-state index in [0.717, 1.165) is 11.9 Å². The molecular formula is C12H19N3O4S. The quantitative estimate of drug-likeness (QED) is 0.802. The molecule has 112 valence electrons. The van der Waals surface area contributed by atoms with Crippen molar-refractivity contribution >= 4 is 15.9 Å². The number of amides is 1. The second-order valence-corrected chi connectivity index (χ2v) is 7.10. The first kappa shape index (κ1) is 15.0. The van der Waals surface area contributed by atoms with Gasteiger partial charge >= 0.3 is 0 Å². The Morgan fingerprint density at radius 1 is 1.60 bits per heavy atom. The number of nitrogens with zero attached hydrogens (tertiary/aromatic N) is 3. The molecule has 1 aliphatic heterocycles. The molecule has 1 aliphatic rings. The molecule has 0 aliphatic carbocycles. The van der Waals surface area contributed by atoms with Crippen LogP contribution >= 0.6 is 0 Å². The van der Waals surface area contributed by atoms with E-state index in [1.54, 1.807) is 20.0 Å². The molecule has 0 aromatic carbocycles. The SMILES string of the molecule is Cc1cc(CN(C)C(=O)[C@@H]2CCCN2S(C)(=O)=O)on1. The lowest BCUT2D eigenvalue weighted by atomic mass is 10.2. The minimum Gasteiger partial charge on any atom is -0.359 e. The van der Waals surface area contributed by atoms with Crippen molar-refractivity contribution in [1.29, 1.82) is 0 Å². The van der Waals surface area contributed by atoms with Crippen LogP contribution in [-0.2, 0) is 21.4 Å². The van der Waals surface area contributed by atoms with Crippen LogP contribution in [0.2, 0.25) is 0 Å². The minimum absolute atomic E-state index is 0.207. The Balaban J connectivity index is 2.06. The Hall–Kier alpha value is -1.41. The number of rotatable bonds is 4. The zero-order valence-electron chi connectivity index (χ0n) is 11.9. The molecule has 0 saturated carbocycles. The summed E-state index contributed by atoms with van der Waals surface area (Å²) in [5, 5.41) is 3.76. The fraction of sp³-hybridized carbons (Fsp3) is 0.667. The van der Waals surface area contributed by atoms with E-state index in [-0.39, 0.29) is 12.5 Å². The molecule has 1 fully saturated rings. The van der Waals surface area contributed by atoms with Crippen molar-refractivity contribution in [3.8, 4) is 0 Å². The molecule has 0 spiro atoms. The highest BCUT2D eigenvalue weighted by Crippen LogP contribution is 2.22. The zero-order valence-corrected chi connectivity index (χ0v) is 12.7. The summed E-state index contributed by atoms with van der Waals surface area (Å²) >= 11 is 0. The molecule has 1 atom stereocenters. The molecule has 1 aromatic rings. The van der Waals surface area contributed by atoms with Crippen LogP contribution in [0.3, 0.4) is 0 Å². The van der Waals surface area contributed by atoms with Gasteiger partial charge in [0.25, 0.3) is 0 Å². The maximum atomic E-state index is 12.4. The van der Waals surface area contributed by atoms with Gasteiger partial charge in [0.05, 0.1) is 18.5 Å². The van der Waals surface area contributed by atoms with Crippen molar-refractivity contribution in [2.45, 2.75) is 32.4 Å². The second kappa shape index (κ2) is 5.53. The van der Waals surface area contributed by atoms with Crippen molar-refractivity contribution in [2.24, 2.45) is 0 Å². The number of hydrogen-bond donors (Lipinski definition) is 0. The molecule has 0 unspecified atom stereocenters. The second-order valence-electron chi connectivity index (χ2n) is 5.16. The molecule has 7 nitrogen and oxygen atoms in total. The summed E-state index contributed by atoms with van der Waals surface area (Å²) in [5.74, 6) is 0.379. The van der Waals surface area contributed by atoms with E-state index in [0.29, 0.717) is 25.1 Å². The Morgan fingerprint density at radius 2 is 2.30 bits per heavy atom. The molecule has 1 amide bonds. The molecule has 1 aromatic heterocycles. The third kappa shape index (κ3) is 3.18. The van der Waals surface area contributed by atoms with Gasteiger partial charge in [0, 0.05) is 19.7 Å². The smallest absolute Gasteiger partial charge is 0.241 e. The Bertz CT molecular complexity index is 596. The predicted octanol–water partition coefficient (Wildman–Crippen LogP) is 0.365. The summed E-state index contributed by atoms with van der Waals surface area (Å²) in [4.78, 5) is 13.9. The Labute approximate surface area is 118 Å². The molecule has 2 heterocycles. The van der Waals surface area contributed by atoms with Crippen molar-refractivity contribution in [3.05, 3.63) is 17.5 Å². The van der Waals surface area contributed by atoms with E-state index in [2.05, 4.69) is 5.16 Å². The monoisotopic (exact) mass is 301 g/mol. The number of carbonyl (C=O) groups is 1. The van der Waals surface area contributed by atoms with E-state index in [4.69, 9.17) is 4.52 Å².